The number of imidazole rings is 1. The standard InChI is InChI=1S/C6H8N2.C6H9NO/c1-3-8-5-4-7-6(8)2;1-2-7-5-3-4-6(7)8/h3-5H,1H2,2H3;2H,1,3-5H2. The first kappa shape index (κ1) is 12.2. The van der Waals surface area contributed by atoms with E-state index >= 15 is 0 Å². The van der Waals surface area contributed by atoms with E-state index in [0.29, 0.717) is 6.42 Å². The molecule has 2 heterocycles. The number of likely N-dealkylation sites (tertiary alicyclic amines) is 1. The van der Waals surface area contributed by atoms with Crippen LogP contribution in [0.5, 0.6) is 0 Å². The number of aromatic nitrogens is 2. The van der Waals surface area contributed by atoms with Crippen LogP contribution in [-0.2, 0) is 4.79 Å². The first-order valence-corrected chi connectivity index (χ1v) is 5.23. The molecule has 1 fully saturated rings. The van der Waals surface area contributed by atoms with Crippen LogP contribution in [0.1, 0.15) is 18.7 Å². The van der Waals surface area contributed by atoms with Crippen LogP contribution < -0.4 is 0 Å². The van der Waals surface area contributed by atoms with E-state index in [9.17, 15) is 4.79 Å². The lowest BCUT2D eigenvalue weighted by atomic mass is 10.4. The van der Waals surface area contributed by atoms with Gasteiger partial charge in [-0.3, -0.25) is 4.79 Å². The second kappa shape index (κ2) is 5.90. The summed E-state index contributed by atoms with van der Waals surface area (Å²) in [6, 6.07) is 0. The van der Waals surface area contributed by atoms with Crippen LogP contribution in [0.2, 0.25) is 0 Å². The monoisotopic (exact) mass is 219 g/mol. The molecule has 0 saturated carbocycles. The number of aryl methyl sites for hydroxylation is 1. The maximum Gasteiger partial charge on any atom is 0.226 e. The summed E-state index contributed by atoms with van der Waals surface area (Å²) in [5.41, 5.74) is 0. The average molecular weight is 219 g/mol. The molecule has 0 bridgehead atoms. The number of carbonyl (C=O) groups excluding carboxylic acids is 1. The first-order chi connectivity index (χ1) is 7.69. The molecule has 0 N–H and O–H groups in total. The van der Waals surface area contributed by atoms with Crippen LogP contribution in [0, 0.1) is 6.92 Å². The summed E-state index contributed by atoms with van der Waals surface area (Å²) >= 11 is 0. The maximum absolute atomic E-state index is 10.7. The topological polar surface area (TPSA) is 38.1 Å². The Hall–Kier alpha value is -1.84. The van der Waals surface area contributed by atoms with Gasteiger partial charge in [0.05, 0.1) is 0 Å². The minimum Gasteiger partial charge on any atom is -0.320 e. The summed E-state index contributed by atoms with van der Waals surface area (Å²) in [6.45, 7) is 9.88. The lowest BCUT2D eigenvalue weighted by Crippen LogP contribution is -2.16. The molecule has 0 unspecified atom stereocenters. The number of amides is 1. The quantitative estimate of drug-likeness (QED) is 0.763. The zero-order chi connectivity index (χ0) is 12.0. The Labute approximate surface area is 95.9 Å². The van der Waals surface area contributed by atoms with Gasteiger partial charge in [-0.05, 0) is 19.5 Å². The summed E-state index contributed by atoms with van der Waals surface area (Å²) in [5, 5.41) is 0. The lowest BCUT2D eigenvalue weighted by Gasteiger charge is -2.05. The van der Waals surface area contributed by atoms with E-state index in [-0.39, 0.29) is 5.91 Å². The molecular weight excluding hydrogens is 202 g/mol. The molecule has 86 valence electrons. The molecule has 1 saturated heterocycles. The molecular formula is C12H17N3O. The molecule has 1 aromatic rings. The van der Waals surface area contributed by atoms with Crippen molar-refractivity contribution in [3.8, 4) is 0 Å². The normalized spacial score (nSPS) is 14.3. The molecule has 0 atom stereocenters. The predicted octanol–water partition coefficient (Wildman–Crippen LogP) is 2.04. The predicted molar refractivity (Wildman–Crippen MR) is 64.5 cm³/mol. The number of rotatable bonds is 2. The van der Waals surface area contributed by atoms with E-state index in [1.165, 1.54) is 0 Å². The number of hydrogen-bond donors (Lipinski definition) is 0. The van der Waals surface area contributed by atoms with Gasteiger partial charge in [-0.1, -0.05) is 13.2 Å². The fourth-order valence-corrected chi connectivity index (χ4v) is 1.44. The van der Waals surface area contributed by atoms with Crippen LogP contribution in [0.4, 0.5) is 0 Å². The summed E-state index contributed by atoms with van der Waals surface area (Å²) in [4.78, 5) is 16.3. The van der Waals surface area contributed by atoms with E-state index < -0.39 is 0 Å². The van der Waals surface area contributed by atoms with Crippen molar-refractivity contribution >= 4 is 12.1 Å². The van der Waals surface area contributed by atoms with Gasteiger partial charge in [0.2, 0.25) is 5.91 Å². The van der Waals surface area contributed by atoms with Crippen molar-refractivity contribution in [1.29, 1.82) is 0 Å². The zero-order valence-corrected chi connectivity index (χ0v) is 9.59. The van der Waals surface area contributed by atoms with Gasteiger partial charge in [0, 0.05) is 31.6 Å². The highest BCUT2D eigenvalue weighted by Gasteiger charge is 2.15. The third-order valence-corrected chi connectivity index (χ3v) is 2.39. The van der Waals surface area contributed by atoms with E-state index in [1.807, 2.05) is 17.7 Å². The van der Waals surface area contributed by atoms with Gasteiger partial charge in [-0.2, -0.15) is 0 Å². The van der Waals surface area contributed by atoms with E-state index in [4.69, 9.17) is 0 Å². The maximum atomic E-state index is 10.7. The van der Waals surface area contributed by atoms with Crippen LogP contribution in [0.15, 0.2) is 31.8 Å². The van der Waals surface area contributed by atoms with Crippen molar-refractivity contribution < 1.29 is 4.79 Å². The average Bonchev–Trinajstić information content (AvgIpc) is 2.87. The van der Waals surface area contributed by atoms with Crippen molar-refractivity contribution in [2.24, 2.45) is 0 Å². The highest BCUT2D eigenvalue weighted by Crippen LogP contribution is 2.08. The van der Waals surface area contributed by atoms with Gasteiger partial charge in [-0.25, -0.2) is 4.98 Å². The Kier molecular flexibility index (Phi) is 4.51. The fraction of sp³-hybridized carbons (Fsp3) is 0.333. The van der Waals surface area contributed by atoms with Crippen LogP contribution in [-0.4, -0.2) is 26.9 Å². The molecule has 0 spiro atoms. The third-order valence-electron chi connectivity index (χ3n) is 2.39. The Morgan fingerprint density at radius 2 is 2.19 bits per heavy atom. The van der Waals surface area contributed by atoms with E-state index in [1.54, 1.807) is 23.5 Å². The minimum absolute atomic E-state index is 0.208. The number of carbonyl (C=O) groups is 1. The van der Waals surface area contributed by atoms with Gasteiger partial charge in [-0.15, -0.1) is 0 Å². The van der Waals surface area contributed by atoms with Gasteiger partial charge >= 0.3 is 0 Å². The molecule has 4 nitrogen and oxygen atoms in total. The number of nitrogens with zero attached hydrogens (tertiary/aromatic N) is 3. The fourth-order valence-electron chi connectivity index (χ4n) is 1.44. The molecule has 4 heteroatoms. The van der Waals surface area contributed by atoms with Crippen molar-refractivity contribution in [2.45, 2.75) is 19.8 Å². The molecule has 16 heavy (non-hydrogen) atoms. The summed E-state index contributed by atoms with van der Waals surface area (Å²) in [6.07, 6.45) is 8.62. The minimum atomic E-state index is 0.208. The molecule has 0 aromatic carbocycles. The van der Waals surface area contributed by atoms with Crippen LogP contribution in [0.25, 0.3) is 6.20 Å². The van der Waals surface area contributed by atoms with Gasteiger partial charge in [0.15, 0.2) is 0 Å². The van der Waals surface area contributed by atoms with Crippen molar-refractivity contribution in [2.75, 3.05) is 6.54 Å². The summed E-state index contributed by atoms with van der Waals surface area (Å²) < 4.78 is 1.86. The second-order valence-electron chi connectivity index (χ2n) is 3.44. The molecule has 2 rings (SSSR count). The highest BCUT2D eigenvalue weighted by molar-refractivity contribution is 5.78. The van der Waals surface area contributed by atoms with E-state index in [0.717, 1.165) is 18.8 Å². The molecule has 1 aliphatic rings. The van der Waals surface area contributed by atoms with Crippen molar-refractivity contribution in [1.82, 2.24) is 14.5 Å². The van der Waals surface area contributed by atoms with E-state index in [2.05, 4.69) is 18.1 Å². The third kappa shape index (κ3) is 3.08. The van der Waals surface area contributed by atoms with Gasteiger partial charge < -0.3 is 9.47 Å². The van der Waals surface area contributed by atoms with Crippen molar-refractivity contribution in [3.63, 3.8) is 0 Å². The molecule has 1 aromatic heterocycles. The first-order valence-electron chi connectivity index (χ1n) is 5.23. The van der Waals surface area contributed by atoms with Crippen LogP contribution >= 0.6 is 0 Å². The largest absolute Gasteiger partial charge is 0.320 e. The van der Waals surface area contributed by atoms with Crippen molar-refractivity contribution in [3.05, 3.63) is 37.6 Å². The molecule has 0 aliphatic carbocycles. The summed E-state index contributed by atoms with van der Waals surface area (Å²) in [7, 11) is 0. The Morgan fingerprint density at radius 1 is 1.44 bits per heavy atom. The summed E-state index contributed by atoms with van der Waals surface area (Å²) in [5.74, 6) is 1.18. The molecule has 0 radical (unpaired) electrons. The second-order valence-corrected chi connectivity index (χ2v) is 3.44. The Bertz CT molecular complexity index is 381. The Morgan fingerprint density at radius 3 is 2.44 bits per heavy atom. The Balaban J connectivity index is 0.000000160. The number of hydrogen-bond acceptors (Lipinski definition) is 2. The van der Waals surface area contributed by atoms with Gasteiger partial charge in [0.1, 0.15) is 5.82 Å². The SMILES string of the molecule is C=CN1CCCC1=O.C=Cn1ccnc1C. The zero-order valence-electron chi connectivity index (χ0n) is 9.59. The smallest absolute Gasteiger partial charge is 0.226 e. The van der Waals surface area contributed by atoms with Crippen LogP contribution in [0.3, 0.4) is 0 Å². The molecule has 1 aliphatic heterocycles. The van der Waals surface area contributed by atoms with Gasteiger partial charge in [0.25, 0.3) is 0 Å². The molecule has 1 amide bonds. The lowest BCUT2D eigenvalue weighted by molar-refractivity contribution is -0.125. The highest BCUT2D eigenvalue weighted by atomic mass is 16.2.